The smallest absolute Gasteiger partial charge is 0.122 e. The van der Waals surface area contributed by atoms with Gasteiger partial charge in [0, 0.05) is 12.1 Å². The van der Waals surface area contributed by atoms with Crippen molar-refractivity contribution >= 4 is 0 Å². The Morgan fingerprint density at radius 1 is 1.35 bits per heavy atom. The Balaban J connectivity index is 2.21. The van der Waals surface area contributed by atoms with Crippen molar-refractivity contribution in [1.82, 2.24) is 4.90 Å². The standard InChI is InChI=1S/C17H30N2O/c1-5-14(18)17(16-11-10-13(3)20-16)19(4)15-9-7-6-8-12(15)2/h10-12,14-15,17H,5-9,18H2,1-4H3. The molecule has 3 heteroatoms. The van der Waals surface area contributed by atoms with E-state index in [-0.39, 0.29) is 12.1 Å². The van der Waals surface area contributed by atoms with Gasteiger partial charge < -0.3 is 10.2 Å². The predicted octanol–water partition coefficient (Wildman–Crippen LogP) is 3.88. The molecule has 1 aliphatic rings. The van der Waals surface area contributed by atoms with Crippen molar-refractivity contribution in [1.29, 1.82) is 0 Å². The molecule has 4 unspecified atom stereocenters. The Kier molecular flexibility index (Phi) is 5.28. The molecule has 2 N–H and O–H groups in total. The quantitative estimate of drug-likeness (QED) is 0.889. The molecule has 1 aromatic heterocycles. The Morgan fingerprint density at radius 3 is 2.60 bits per heavy atom. The molecule has 114 valence electrons. The van der Waals surface area contributed by atoms with Crippen LogP contribution >= 0.6 is 0 Å². The molecule has 0 aliphatic heterocycles. The summed E-state index contributed by atoms with van der Waals surface area (Å²) in [5, 5.41) is 0. The lowest BCUT2D eigenvalue weighted by molar-refractivity contribution is 0.0711. The average Bonchev–Trinajstić information content (AvgIpc) is 2.85. The van der Waals surface area contributed by atoms with Gasteiger partial charge in [-0.2, -0.15) is 0 Å². The number of furan rings is 1. The van der Waals surface area contributed by atoms with Crippen molar-refractivity contribution in [2.45, 2.75) is 71.0 Å². The van der Waals surface area contributed by atoms with E-state index >= 15 is 0 Å². The molecule has 1 heterocycles. The van der Waals surface area contributed by atoms with Crippen LogP contribution in [0, 0.1) is 12.8 Å². The van der Waals surface area contributed by atoms with Gasteiger partial charge in [-0.05, 0) is 51.3 Å². The van der Waals surface area contributed by atoms with Crippen LogP contribution in [-0.2, 0) is 0 Å². The van der Waals surface area contributed by atoms with Crippen molar-refractivity contribution in [3.05, 3.63) is 23.7 Å². The zero-order valence-electron chi connectivity index (χ0n) is 13.4. The normalized spacial score (nSPS) is 26.7. The molecule has 1 saturated carbocycles. The average molecular weight is 278 g/mol. The van der Waals surface area contributed by atoms with Crippen LogP contribution in [0.4, 0.5) is 0 Å². The lowest BCUT2D eigenvalue weighted by Crippen LogP contribution is -2.47. The van der Waals surface area contributed by atoms with Gasteiger partial charge in [0.05, 0.1) is 6.04 Å². The van der Waals surface area contributed by atoms with Crippen LogP contribution in [0.15, 0.2) is 16.5 Å². The van der Waals surface area contributed by atoms with Crippen LogP contribution in [0.25, 0.3) is 0 Å². The van der Waals surface area contributed by atoms with Gasteiger partial charge in [-0.25, -0.2) is 0 Å². The third-order valence-electron chi connectivity index (χ3n) is 4.96. The first-order valence-corrected chi connectivity index (χ1v) is 8.08. The zero-order valence-corrected chi connectivity index (χ0v) is 13.4. The van der Waals surface area contributed by atoms with Gasteiger partial charge in [-0.15, -0.1) is 0 Å². The molecule has 0 bridgehead atoms. The van der Waals surface area contributed by atoms with Crippen molar-refractivity contribution in [3.8, 4) is 0 Å². The number of nitrogens with two attached hydrogens (primary N) is 1. The van der Waals surface area contributed by atoms with Crippen LogP contribution in [-0.4, -0.2) is 24.0 Å². The second kappa shape index (κ2) is 6.77. The number of hydrogen-bond acceptors (Lipinski definition) is 3. The highest BCUT2D eigenvalue weighted by molar-refractivity contribution is 5.12. The molecule has 1 aliphatic carbocycles. The van der Waals surface area contributed by atoms with E-state index in [1.807, 2.05) is 13.0 Å². The number of rotatable bonds is 5. The second-order valence-corrected chi connectivity index (χ2v) is 6.46. The van der Waals surface area contributed by atoms with Gasteiger partial charge in [-0.3, -0.25) is 4.90 Å². The molecule has 0 saturated heterocycles. The summed E-state index contributed by atoms with van der Waals surface area (Å²) in [5.74, 6) is 2.74. The van der Waals surface area contributed by atoms with E-state index in [1.54, 1.807) is 0 Å². The van der Waals surface area contributed by atoms with E-state index in [0.29, 0.717) is 6.04 Å². The van der Waals surface area contributed by atoms with Gasteiger partial charge in [0.25, 0.3) is 0 Å². The topological polar surface area (TPSA) is 42.4 Å². The Bertz CT molecular complexity index is 415. The number of nitrogens with zero attached hydrogens (tertiary/aromatic N) is 1. The summed E-state index contributed by atoms with van der Waals surface area (Å²) in [4.78, 5) is 2.48. The van der Waals surface area contributed by atoms with Crippen molar-refractivity contribution in [2.24, 2.45) is 11.7 Å². The number of hydrogen-bond donors (Lipinski definition) is 1. The summed E-state index contributed by atoms with van der Waals surface area (Å²) < 4.78 is 5.89. The molecule has 3 nitrogen and oxygen atoms in total. The van der Waals surface area contributed by atoms with Crippen molar-refractivity contribution in [3.63, 3.8) is 0 Å². The third-order valence-corrected chi connectivity index (χ3v) is 4.96. The van der Waals surface area contributed by atoms with Crippen LogP contribution in [0.3, 0.4) is 0 Å². The first-order chi connectivity index (χ1) is 9.54. The predicted molar refractivity (Wildman–Crippen MR) is 83.6 cm³/mol. The molecule has 0 amide bonds. The minimum atomic E-state index is 0.125. The molecular formula is C17H30N2O. The minimum Gasteiger partial charge on any atom is -0.465 e. The fourth-order valence-corrected chi connectivity index (χ4v) is 3.66. The molecule has 0 aromatic carbocycles. The molecular weight excluding hydrogens is 248 g/mol. The molecule has 2 rings (SSSR count). The van der Waals surface area contributed by atoms with Crippen LogP contribution in [0.2, 0.25) is 0 Å². The van der Waals surface area contributed by atoms with Crippen molar-refractivity contribution in [2.75, 3.05) is 7.05 Å². The van der Waals surface area contributed by atoms with E-state index < -0.39 is 0 Å². The largest absolute Gasteiger partial charge is 0.465 e. The Labute approximate surface area is 123 Å². The highest BCUT2D eigenvalue weighted by atomic mass is 16.3. The highest BCUT2D eigenvalue weighted by Crippen LogP contribution is 2.34. The second-order valence-electron chi connectivity index (χ2n) is 6.46. The first kappa shape index (κ1) is 15.6. The maximum Gasteiger partial charge on any atom is 0.122 e. The highest BCUT2D eigenvalue weighted by Gasteiger charge is 2.34. The Morgan fingerprint density at radius 2 is 2.05 bits per heavy atom. The van der Waals surface area contributed by atoms with Crippen LogP contribution in [0.1, 0.15) is 63.5 Å². The van der Waals surface area contributed by atoms with Gasteiger partial charge >= 0.3 is 0 Å². The van der Waals surface area contributed by atoms with E-state index in [4.69, 9.17) is 10.2 Å². The minimum absolute atomic E-state index is 0.125. The van der Waals surface area contributed by atoms with Crippen LogP contribution < -0.4 is 5.73 Å². The summed E-state index contributed by atoms with van der Waals surface area (Å²) in [6.07, 6.45) is 6.29. The van der Waals surface area contributed by atoms with Crippen LogP contribution in [0.5, 0.6) is 0 Å². The molecule has 20 heavy (non-hydrogen) atoms. The summed E-state index contributed by atoms with van der Waals surface area (Å²) in [5.41, 5.74) is 6.41. The van der Waals surface area contributed by atoms with Gasteiger partial charge in [0.15, 0.2) is 0 Å². The fourth-order valence-electron chi connectivity index (χ4n) is 3.66. The summed E-state index contributed by atoms with van der Waals surface area (Å²) in [6.45, 7) is 6.54. The zero-order chi connectivity index (χ0) is 14.7. The molecule has 4 atom stereocenters. The lowest BCUT2D eigenvalue weighted by atomic mass is 9.83. The first-order valence-electron chi connectivity index (χ1n) is 8.08. The van der Waals surface area contributed by atoms with E-state index in [1.165, 1.54) is 25.7 Å². The van der Waals surface area contributed by atoms with Gasteiger partial charge in [0.1, 0.15) is 11.5 Å². The van der Waals surface area contributed by atoms with E-state index in [0.717, 1.165) is 23.9 Å². The molecule has 1 fully saturated rings. The lowest BCUT2D eigenvalue weighted by Gasteiger charge is -2.42. The monoisotopic (exact) mass is 278 g/mol. The summed E-state index contributed by atoms with van der Waals surface area (Å²) >= 11 is 0. The van der Waals surface area contributed by atoms with Gasteiger partial charge in [0.2, 0.25) is 0 Å². The maximum atomic E-state index is 6.41. The maximum absolute atomic E-state index is 6.41. The van der Waals surface area contributed by atoms with Crippen molar-refractivity contribution < 1.29 is 4.42 Å². The molecule has 1 aromatic rings. The Hall–Kier alpha value is -0.800. The number of likely N-dealkylation sites (N-methyl/N-ethyl adjacent to an activating group) is 1. The molecule has 0 radical (unpaired) electrons. The molecule has 0 spiro atoms. The SMILES string of the molecule is CCC(N)C(c1ccc(C)o1)N(C)C1CCCCC1C. The van der Waals surface area contributed by atoms with E-state index in [9.17, 15) is 0 Å². The number of aryl methyl sites for hydroxylation is 1. The third kappa shape index (κ3) is 3.26. The van der Waals surface area contributed by atoms with Gasteiger partial charge in [-0.1, -0.05) is 26.7 Å². The van der Waals surface area contributed by atoms with E-state index in [2.05, 4.69) is 31.9 Å². The summed E-state index contributed by atoms with van der Waals surface area (Å²) in [7, 11) is 2.23. The summed E-state index contributed by atoms with van der Waals surface area (Å²) in [6, 6.07) is 5.08. The fraction of sp³-hybridized carbons (Fsp3) is 0.765.